The van der Waals surface area contributed by atoms with Crippen LogP contribution in [0.5, 0.6) is 0 Å². The summed E-state index contributed by atoms with van der Waals surface area (Å²) in [7, 11) is 0. The Morgan fingerprint density at radius 3 is 2.73 bits per heavy atom. The Bertz CT molecular complexity index is 402. The predicted molar refractivity (Wildman–Crippen MR) is 64.4 cm³/mol. The molecule has 4 heteroatoms. The van der Waals surface area contributed by atoms with Gasteiger partial charge in [0.2, 0.25) is 5.91 Å². The molecule has 2 rings (SSSR count). The first kappa shape index (κ1) is 11.9. The third kappa shape index (κ3) is 2.07. The summed E-state index contributed by atoms with van der Waals surface area (Å²) in [4.78, 5) is 11.4. The van der Waals surface area contributed by atoms with Crippen molar-refractivity contribution in [2.45, 2.75) is 25.7 Å². The lowest BCUT2D eigenvalue weighted by Gasteiger charge is -2.32. The van der Waals surface area contributed by atoms with Gasteiger partial charge in [-0.25, -0.2) is 0 Å². The van der Waals surface area contributed by atoms with Crippen LogP contribution in [-0.4, -0.2) is 5.91 Å². The molecule has 0 bridgehead atoms. The Kier molecular flexibility index (Phi) is 2.95. The third-order valence-corrected chi connectivity index (χ3v) is 2.65. The molecule has 0 aliphatic carbocycles. The van der Waals surface area contributed by atoms with Crippen molar-refractivity contribution in [3.8, 4) is 0 Å². The van der Waals surface area contributed by atoms with Crippen molar-refractivity contribution in [1.29, 1.82) is 0 Å². The minimum atomic E-state index is -0.118. The molecule has 15 heavy (non-hydrogen) atoms. The number of nitrogens with two attached hydrogens (primary N) is 1. The largest absolute Gasteiger partial charge is 0.399 e. The Morgan fingerprint density at radius 1 is 1.40 bits per heavy atom. The van der Waals surface area contributed by atoms with Gasteiger partial charge in [0.05, 0.1) is 0 Å². The maximum atomic E-state index is 11.4. The number of fused-ring (bicyclic) bond motifs is 1. The molecule has 0 saturated carbocycles. The van der Waals surface area contributed by atoms with Crippen LogP contribution in [0.4, 0.5) is 11.4 Å². The molecule has 3 N–H and O–H groups in total. The lowest BCUT2D eigenvalue weighted by Crippen LogP contribution is -2.32. The van der Waals surface area contributed by atoms with E-state index in [1.165, 1.54) is 0 Å². The second-order valence-corrected chi connectivity index (χ2v) is 4.41. The molecular weight excluding hydrogens is 212 g/mol. The van der Waals surface area contributed by atoms with Crippen LogP contribution in [0.2, 0.25) is 0 Å². The molecule has 1 aromatic carbocycles. The van der Waals surface area contributed by atoms with Crippen molar-refractivity contribution >= 4 is 29.7 Å². The molecule has 0 atom stereocenters. The molecular formula is C11H15ClN2O. The summed E-state index contributed by atoms with van der Waals surface area (Å²) in [6.45, 7) is 4.12. The van der Waals surface area contributed by atoms with Crippen LogP contribution in [0.25, 0.3) is 0 Å². The monoisotopic (exact) mass is 226 g/mol. The highest BCUT2D eigenvalue weighted by Crippen LogP contribution is 2.37. The zero-order valence-electron chi connectivity index (χ0n) is 8.83. The number of hydrogen-bond acceptors (Lipinski definition) is 2. The molecule has 1 heterocycles. The Balaban J connectivity index is 0.00000112. The summed E-state index contributed by atoms with van der Waals surface area (Å²) in [5.74, 6) is 0.0762. The van der Waals surface area contributed by atoms with E-state index in [2.05, 4.69) is 19.2 Å². The number of benzene rings is 1. The minimum absolute atomic E-state index is 0. The molecule has 1 aliphatic rings. The number of carbonyl (C=O) groups is 1. The molecule has 0 spiro atoms. The second-order valence-electron chi connectivity index (χ2n) is 4.41. The fraction of sp³-hybridized carbons (Fsp3) is 0.364. The van der Waals surface area contributed by atoms with Crippen molar-refractivity contribution in [2.75, 3.05) is 11.1 Å². The van der Waals surface area contributed by atoms with Gasteiger partial charge in [-0.15, -0.1) is 12.4 Å². The van der Waals surface area contributed by atoms with Gasteiger partial charge >= 0.3 is 0 Å². The first-order valence-electron chi connectivity index (χ1n) is 4.69. The summed E-state index contributed by atoms with van der Waals surface area (Å²) < 4.78 is 0. The zero-order valence-corrected chi connectivity index (χ0v) is 9.65. The Labute approximate surface area is 95.5 Å². The fourth-order valence-corrected chi connectivity index (χ4v) is 1.92. The number of amides is 1. The van der Waals surface area contributed by atoms with E-state index in [4.69, 9.17) is 5.73 Å². The van der Waals surface area contributed by atoms with Gasteiger partial charge in [0.25, 0.3) is 0 Å². The highest BCUT2D eigenvalue weighted by molar-refractivity contribution is 5.95. The molecule has 82 valence electrons. The molecule has 0 fully saturated rings. The number of halogens is 1. The number of hydrogen-bond donors (Lipinski definition) is 2. The van der Waals surface area contributed by atoms with Crippen molar-refractivity contribution in [1.82, 2.24) is 0 Å². The number of anilines is 2. The van der Waals surface area contributed by atoms with E-state index in [9.17, 15) is 4.79 Å². The van der Waals surface area contributed by atoms with E-state index < -0.39 is 0 Å². The summed E-state index contributed by atoms with van der Waals surface area (Å²) in [6, 6.07) is 5.61. The van der Waals surface area contributed by atoms with Crippen LogP contribution in [0, 0.1) is 0 Å². The molecule has 1 aromatic rings. The molecule has 0 aromatic heterocycles. The lowest BCUT2D eigenvalue weighted by molar-refractivity contribution is -0.117. The number of nitrogens with one attached hydrogen (secondary N) is 1. The molecule has 0 unspecified atom stereocenters. The smallest absolute Gasteiger partial charge is 0.225 e. The number of carbonyl (C=O) groups excluding carboxylic acids is 1. The summed E-state index contributed by atoms with van der Waals surface area (Å²) in [6.07, 6.45) is 0.517. The molecule has 0 saturated heterocycles. The van der Waals surface area contributed by atoms with Gasteiger partial charge in [0.15, 0.2) is 0 Å². The number of rotatable bonds is 0. The van der Waals surface area contributed by atoms with E-state index in [1.807, 2.05) is 12.1 Å². The van der Waals surface area contributed by atoms with Crippen LogP contribution in [0.3, 0.4) is 0 Å². The Morgan fingerprint density at radius 2 is 2.07 bits per heavy atom. The topological polar surface area (TPSA) is 55.1 Å². The third-order valence-electron chi connectivity index (χ3n) is 2.65. The normalized spacial score (nSPS) is 17.3. The van der Waals surface area contributed by atoms with Gasteiger partial charge in [-0.3, -0.25) is 4.79 Å². The zero-order chi connectivity index (χ0) is 10.3. The molecule has 3 nitrogen and oxygen atoms in total. The minimum Gasteiger partial charge on any atom is -0.399 e. The first-order valence-corrected chi connectivity index (χ1v) is 4.69. The Hall–Kier alpha value is -1.22. The van der Waals surface area contributed by atoms with Gasteiger partial charge in [0.1, 0.15) is 0 Å². The molecule has 0 radical (unpaired) electrons. The van der Waals surface area contributed by atoms with Crippen LogP contribution in [0.15, 0.2) is 18.2 Å². The standard InChI is InChI=1S/C11H14N2O.ClH/c1-11(2)6-10(14)13-9-4-3-7(12)5-8(9)11;/h3-5H,6,12H2,1-2H3,(H,13,14);1H. The molecule has 1 aliphatic heterocycles. The van der Waals surface area contributed by atoms with Crippen molar-refractivity contribution in [3.63, 3.8) is 0 Å². The fourth-order valence-electron chi connectivity index (χ4n) is 1.92. The van der Waals surface area contributed by atoms with Gasteiger partial charge < -0.3 is 11.1 Å². The molecule has 1 amide bonds. The van der Waals surface area contributed by atoms with Gasteiger partial charge in [-0.1, -0.05) is 13.8 Å². The maximum absolute atomic E-state index is 11.4. The maximum Gasteiger partial charge on any atom is 0.225 e. The van der Waals surface area contributed by atoms with E-state index in [-0.39, 0.29) is 23.7 Å². The SMILES string of the molecule is CC1(C)CC(=O)Nc2ccc(N)cc21.Cl. The van der Waals surface area contributed by atoms with Gasteiger partial charge in [-0.2, -0.15) is 0 Å². The van der Waals surface area contributed by atoms with E-state index in [0.717, 1.165) is 16.9 Å². The van der Waals surface area contributed by atoms with Crippen molar-refractivity contribution in [3.05, 3.63) is 23.8 Å². The average molecular weight is 227 g/mol. The quantitative estimate of drug-likeness (QED) is 0.667. The van der Waals surface area contributed by atoms with Crippen LogP contribution >= 0.6 is 12.4 Å². The van der Waals surface area contributed by atoms with E-state index >= 15 is 0 Å². The van der Waals surface area contributed by atoms with Gasteiger partial charge in [-0.05, 0) is 23.8 Å². The van der Waals surface area contributed by atoms with Gasteiger partial charge in [0, 0.05) is 23.2 Å². The second kappa shape index (κ2) is 3.74. The average Bonchev–Trinajstić information content (AvgIpc) is 2.05. The van der Waals surface area contributed by atoms with Crippen LogP contribution < -0.4 is 11.1 Å². The first-order chi connectivity index (χ1) is 6.49. The van der Waals surface area contributed by atoms with Crippen molar-refractivity contribution in [2.24, 2.45) is 0 Å². The predicted octanol–water partition coefficient (Wildman–Crippen LogP) is 2.31. The summed E-state index contributed by atoms with van der Waals surface area (Å²) >= 11 is 0. The van der Waals surface area contributed by atoms with Crippen LogP contribution in [-0.2, 0) is 10.2 Å². The van der Waals surface area contributed by atoms with E-state index in [1.54, 1.807) is 6.07 Å². The highest BCUT2D eigenvalue weighted by Gasteiger charge is 2.31. The highest BCUT2D eigenvalue weighted by atomic mass is 35.5. The van der Waals surface area contributed by atoms with Crippen molar-refractivity contribution < 1.29 is 4.79 Å². The lowest BCUT2D eigenvalue weighted by atomic mass is 9.78. The summed E-state index contributed by atoms with van der Waals surface area (Å²) in [5.41, 5.74) is 8.36. The van der Waals surface area contributed by atoms with E-state index in [0.29, 0.717) is 6.42 Å². The summed E-state index contributed by atoms with van der Waals surface area (Å²) in [5, 5.41) is 2.85. The van der Waals surface area contributed by atoms with Crippen LogP contribution in [0.1, 0.15) is 25.8 Å². The number of nitrogen functional groups attached to an aromatic ring is 1.